The summed E-state index contributed by atoms with van der Waals surface area (Å²) < 4.78 is 11.3. The topological polar surface area (TPSA) is 58.8 Å². The zero-order valence-corrected chi connectivity index (χ0v) is 15.5. The third kappa shape index (κ3) is 4.44. The summed E-state index contributed by atoms with van der Waals surface area (Å²) in [5, 5.41) is 0. The fraction of sp³-hybridized carbons (Fsp3) is 0.579. The smallest absolute Gasteiger partial charge is 0.410 e. The lowest BCUT2D eigenvalue weighted by Crippen LogP contribution is -2.41. The van der Waals surface area contributed by atoms with Gasteiger partial charge in [-0.15, -0.1) is 0 Å². The molecule has 1 aliphatic rings. The molecule has 1 aliphatic heterocycles. The first-order valence-electron chi connectivity index (χ1n) is 8.86. The monoisotopic (exact) mass is 345 g/mol. The Hall–Kier alpha value is -2.24. The highest BCUT2D eigenvalue weighted by molar-refractivity contribution is 5.74. The van der Waals surface area contributed by atoms with E-state index in [1.807, 2.05) is 45.0 Å². The first-order chi connectivity index (χ1) is 11.8. The molecule has 0 unspecified atom stereocenters. The van der Waals surface area contributed by atoms with E-state index in [-0.39, 0.29) is 6.09 Å². The van der Waals surface area contributed by atoms with Crippen LogP contribution in [0.2, 0.25) is 0 Å². The Balaban J connectivity index is 1.52. The molecule has 0 N–H and O–H groups in total. The van der Waals surface area contributed by atoms with Gasteiger partial charge < -0.3 is 19.0 Å². The summed E-state index contributed by atoms with van der Waals surface area (Å²) in [6.07, 6.45) is 1.76. The summed E-state index contributed by atoms with van der Waals surface area (Å²) in [5.74, 6) is 0.471. The van der Waals surface area contributed by atoms with Gasteiger partial charge in [0.25, 0.3) is 6.01 Å². The average molecular weight is 345 g/mol. The molecule has 6 heteroatoms. The van der Waals surface area contributed by atoms with Crippen molar-refractivity contribution in [1.29, 1.82) is 0 Å². The molecule has 0 saturated carbocycles. The van der Waals surface area contributed by atoms with Gasteiger partial charge in [0.05, 0.1) is 0 Å². The lowest BCUT2D eigenvalue weighted by atomic mass is 9.97. The van der Waals surface area contributed by atoms with Crippen molar-refractivity contribution in [3.05, 3.63) is 24.3 Å². The molecule has 25 heavy (non-hydrogen) atoms. The summed E-state index contributed by atoms with van der Waals surface area (Å²) in [7, 11) is 1.81. The number of hydrogen-bond donors (Lipinski definition) is 0. The number of amides is 1. The number of oxazole rings is 1. The van der Waals surface area contributed by atoms with E-state index in [0.717, 1.165) is 43.6 Å². The lowest BCUT2D eigenvalue weighted by molar-refractivity contribution is 0.0266. The minimum atomic E-state index is -0.457. The van der Waals surface area contributed by atoms with Crippen molar-refractivity contribution in [2.75, 3.05) is 31.6 Å². The van der Waals surface area contributed by atoms with Gasteiger partial charge in [0.15, 0.2) is 5.58 Å². The molecule has 1 saturated heterocycles. The van der Waals surface area contributed by atoms with Crippen LogP contribution in [0, 0.1) is 5.92 Å². The summed E-state index contributed by atoms with van der Waals surface area (Å²) in [6.45, 7) is 8.16. The number of piperidine rings is 1. The lowest BCUT2D eigenvalue weighted by Gasteiger charge is -2.33. The van der Waals surface area contributed by atoms with Gasteiger partial charge in [-0.05, 0) is 51.7 Å². The Morgan fingerprint density at radius 1 is 1.32 bits per heavy atom. The summed E-state index contributed by atoms with van der Waals surface area (Å²) >= 11 is 0. The van der Waals surface area contributed by atoms with Crippen molar-refractivity contribution in [3.63, 3.8) is 0 Å². The van der Waals surface area contributed by atoms with Gasteiger partial charge in [-0.25, -0.2) is 4.79 Å². The number of fused-ring (bicyclic) bond motifs is 1. The molecule has 2 aromatic rings. The van der Waals surface area contributed by atoms with Crippen LogP contribution in [0.25, 0.3) is 11.1 Å². The van der Waals surface area contributed by atoms with Gasteiger partial charge in [0, 0.05) is 26.7 Å². The predicted octanol–water partition coefficient (Wildman–Crippen LogP) is 3.91. The minimum Gasteiger partial charge on any atom is -0.444 e. The average Bonchev–Trinajstić information content (AvgIpc) is 2.98. The first-order valence-corrected chi connectivity index (χ1v) is 8.86. The van der Waals surface area contributed by atoms with Crippen LogP contribution in [0.4, 0.5) is 10.8 Å². The zero-order chi connectivity index (χ0) is 18.0. The number of rotatable bonds is 3. The van der Waals surface area contributed by atoms with Gasteiger partial charge >= 0.3 is 6.09 Å². The van der Waals surface area contributed by atoms with Gasteiger partial charge in [-0.2, -0.15) is 4.98 Å². The number of hydrogen-bond acceptors (Lipinski definition) is 5. The second-order valence-corrected chi connectivity index (χ2v) is 7.76. The van der Waals surface area contributed by atoms with Crippen molar-refractivity contribution in [2.24, 2.45) is 5.92 Å². The van der Waals surface area contributed by atoms with Crippen LogP contribution < -0.4 is 4.90 Å². The van der Waals surface area contributed by atoms with Gasteiger partial charge in [0.1, 0.15) is 11.1 Å². The maximum atomic E-state index is 12.1. The van der Waals surface area contributed by atoms with Crippen molar-refractivity contribution in [1.82, 2.24) is 9.88 Å². The molecule has 3 rings (SSSR count). The van der Waals surface area contributed by atoms with Crippen LogP contribution >= 0.6 is 0 Å². The number of aromatic nitrogens is 1. The largest absolute Gasteiger partial charge is 0.444 e. The van der Waals surface area contributed by atoms with Crippen LogP contribution in [0.1, 0.15) is 33.6 Å². The summed E-state index contributed by atoms with van der Waals surface area (Å²) in [4.78, 5) is 20.5. The van der Waals surface area contributed by atoms with E-state index in [1.165, 1.54) is 0 Å². The third-order valence-electron chi connectivity index (χ3n) is 4.40. The van der Waals surface area contributed by atoms with Gasteiger partial charge in [0.2, 0.25) is 0 Å². The molecule has 6 nitrogen and oxygen atoms in total. The standard InChI is InChI=1S/C19H27N3O3/c1-19(2,3)25-18(23)21(4)13-14-9-11-22(12-10-14)17-20-15-7-5-6-8-16(15)24-17/h5-8,14H,9-13H2,1-4H3. The number of carbonyl (C=O) groups excluding carboxylic acids is 1. The molecule has 0 atom stereocenters. The molecule has 136 valence electrons. The third-order valence-corrected chi connectivity index (χ3v) is 4.40. The zero-order valence-electron chi connectivity index (χ0n) is 15.5. The van der Waals surface area contributed by atoms with Crippen LogP contribution in [-0.4, -0.2) is 48.3 Å². The van der Waals surface area contributed by atoms with Crippen LogP contribution in [0.15, 0.2) is 28.7 Å². The molecule has 1 fully saturated rings. The molecule has 0 bridgehead atoms. The Kier molecular flexibility index (Phi) is 4.88. The Bertz CT molecular complexity index is 694. The van der Waals surface area contributed by atoms with Crippen LogP contribution in [-0.2, 0) is 4.74 Å². The number of ether oxygens (including phenoxy) is 1. The maximum Gasteiger partial charge on any atom is 0.410 e. The van der Waals surface area contributed by atoms with Crippen molar-refractivity contribution in [3.8, 4) is 0 Å². The van der Waals surface area contributed by atoms with Gasteiger partial charge in [-0.3, -0.25) is 0 Å². The molecular formula is C19H27N3O3. The minimum absolute atomic E-state index is 0.256. The number of para-hydroxylation sites is 2. The van der Waals surface area contributed by atoms with E-state index >= 15 is 0 Å². The Morgan fingerprint density at radius 2 is 2.00 bits per heavy atom. The van der Waals surface area contributed by atoms with E-state index in [0.29, 0.717) is 11.9 Å². The number of anilines is 1. The number of carbonyl (C=O) groups is 1. The number of benzene rings is 1. The van der Waals surface area contributed by atoms with Crippen molar-refractivity contribution >= 4 is 23.2 Å². The second kappa shape index (κ2) is 6.94. The molecule has 1 amide bonds. The quantitative estimate of drug-likeness (QED) is 0.844. The van der Waals surface area contributed by atoms with E-state index in [2.05, 4.69) is 9.88 Å². The molecule has 1 aromatic heterocycles. The molecule has 0 spiro atoms. The van der Waals surface area contributed by atoms with E-state index in [4.69, 9.17) is 9.15 Å². The SMILES string of the molecule is CN(CC1CCN(c2nc3ccccc3o2)CC1)C(=O)OC(C)(C)C. The fourth-order valence-electron chi connectivity index (χ4n) is 3.10. The highest BCUT2D eigenvalue weighted by atomic mass is 16.6. The maximum absolute atomic E-state index is 12.1. The van der Waals surface area contributed by atoms with E-state index in [1.54, 1.807) is 11.9 Å². The molecular weight excluding hydrogens is 318 g/mol. The second-order valence-electron chi connectivity index (χ2n) is 7.76. The van der Waals surface area contributed by atoms with Crippen LogP contribution in [0.3, 0.4) is 0 Å². The highest BCUT2D eigenvalue weighted by Gasteiger charge is 2.26. The Morgan fingerprint density at radius 3 is 2.64 bits per heavy atom. The van der Waals surface area contributed by atoms with Crippen LogP contribution in [0.5, 0.6) is 0 Å². The van der Waals surface area contributed by atoms with Crippen molar-refractivity contribution in [2.45, 2.75) is 39.2 Å². The van der Waals surface area contributed by atoms with Crippen molar-refractivity contribution < 1.29 is 13.9 Å². The normalized spacial score (nSPS) is 16.2. The van der Waals surface area contributed by atoms with Gasteiger partial charge in [-0.1, -0.05) is 12.1 Å². The molecule has 1 aromatic carbocycles. The highest BCUT2D eigenvalue weighted by Crippen LogP contribution is 2.26. The Labute approximate surface area is 148 Å². The predicted molar refractivity (Wildman–Crippen MR) is 97.8 cm³/mol. The molecule has 0 radical (unpaired) electrons. The summed E-state index contributed by atoms with van der Waals surface area (Å²) in [5.41, 5.74) is 1.26. The molecule has 2 heterocycles. The number of nitrogens with zero attached hydrogens (tertiary/aromatic N) is 3. The summed E-state index contributed by atoms with van der Waals surface area (Å²) in [6, 6.07) is 8.52. The van der Waals surface area contributed by atoms with E-state index < -0.39 is 5.60 Å². The van der Waals surface area contributed by atoms with E-state index in [9.17, 15) is 4.79 Å². The molecule has 0 aliphatic carbocycles. The fourth-order valence-corrected chi connectivity index (χ4v) is 3.10. The first kappa shape index (κ1) is 17.6.